The van der Waals surface area contributed by atoms with Gasteiger partial charge >= 0.3 is 0 Å². The van der Waals surface area contributed by atoms with Gasteiger partial charge in [-0.2, -0.15) is 5.10 Å². The Bertz CT molecular complexity index is 1760. The molecule has 0 spiro atoms. The minimum atomic E-state index is -3.47. The number of hydrogen-bond acceptors (Lipinski definition) is 6. The number of aromatic amines is 1. The highest BCUT2D eigenvalue weighted by atomic mass is 35.5. The lowest BCUT2D eigenvalue weighted by Crippen LogP contribution is -2.43. The van der Waals surface area contributed by atoms with Crippen molar-refractivity contribution in [1.82, 2.24) is 25.1 Å². The number of piperazine rings is 1. The zero-order chi connectivity index (χ0) is 27.0. The summed E-state index contributed by atoms with van der Waals surface area (Å²) >= 11 is 0. The van der Waals surface area contributed by atoms with Crippen molar-refractivity contribution in [2.45, 2.75) is 6.54 Å². The zero-order valence-corrected chi connectivity index (χ0v) is 23.4. The molecule has 12 heteroatoms. The Morgan fingerprint density at radius 1 is 1.02 bits per heavy atom. The molecular formula is C28H29ClFN7O2S. The molecule has 1 aliphatic rings. The van der Waals surface area contributed by atoms with Gasteiger partial charge in [-0.1, -0.05) is 18.2 Å². The topological polar surface area (TPSA) is 108 Å². The van der Waals surface area contributed by atoms with E-state index in [-0.39, 0.29) is 18.2 Å². The van der Waals surface area contributed by atoms with Crippen LogP contribution in [0.25, 0.3) is 33.3 Å². The summed E-state index contributed by atoms with van der Waals surface area (Å²) in [5.41, 5.74) is 6.52. The molecular weight excluding hydrogens is 553 g/mol. The van der Waals surface area contributed by atoms with Crippen molar-refractivity contribution in [3.63, 3.8) is 0 Å². The Morgan fingerprint density at radius 3 is 2.62 bits per heavy atom. The molecule has 3 N–H and O–H groups in total. The Labute approximate surface area is 237 Å². The Hall–Kier alpha value is -3.93. The summed E-state index contributed by atoms with van der Waals surface area (Å²) in [6.45, 7) is 3.74. The number of hydrogen-bond donors (Lipinski definition) is 3. The van der Waals surface area contributed by atoms with Crippen molar-refractivity contribution >= 4 is 44.8 Å². The van der Waals surface area contributed by atoms with Gasteiger partial charge in [-0.3, -0.25) is 9.40 Å². The highest BCUT2D eigenvalue weighted by Gasteiger charge is 2.18. The van der Waals surface area contributed by atoms with E-state index in [4.69, 9.17) is 0 Å². The smallest absolute Gasteiger partial charge is 0.229 e. The number of nitrogens with zero attached hydrogens (tertiary/aromatic N) is 4. The number of aromatic nitrogens is 4. The molecule has 0 bridgehead atoms. The minimum Gasteiger partial charge on any atom is -0.367 e. The van der Waals surface area contributed by atoms with Crippen LogP contribution >= 0.6 is 12.4 Å². The van der Waals surface area contributed by atoms with E-state index in [1.54, 1.807) is 23.1 Å². The Morgan fingerprint density at radius 2 is 1.85 bits per heavy atom. The van der Waals surface area contributed by atoms with Gasteiger partial charge < -0.3 is 15.2 Å². The van der Waals surface area contributed by atoms with Crippen LogP contribution in [0.2, 0.25) is 0 Å². The van der Waals surface area contributed by atoms with Gasteiger partial charge in [0.25, 0.3) is 0 Å². The number of sulfonamides is 1. The maximum atomic E-state index is 13.6. The molecule has 40 heavy (non-hydrogen) atoms. The fourth-order valence-electron chi connectivity index (χ4n) is 4.99. The molecule has 5 aromatic rings. The van der Waals surface area contributed by atoms with Crippen LogP contribution < -0.4 is 14.9 Å². The summed E-state index contributed by atoms with van der Waals surface area (Å²) in [5, 5.41) is 8.71. The van der Waals surface area contributed by atoms with Gasteiger partial charge in [0.2, 0.25) is 10.0 Å². The molecule has 0 radical (unpaired) electrons. The van der Waals surface area contributed by atoms with Crippen LogP contribution in [0.4, 0.5) is 15.8 Å². The summed E-state index contributed by atoms with van der Waals surface area (Å²) in [4.78, 5) is 10.0. The van der Waals surface area contributed by atoms with Crippen molar-refractivity contribution in [2.75, 3.05) is 42.1 Å². The van der Waals surface area contributed by atoms with E-state index in [9.17, 15) is 12.8 Å². The molecule has 0 unspecified atom stereocenters. The first kappa shape index (κ1) is 27.6. The van der Waals surface area contributed by atoms with E-state index >= 15 is 0 Å². The van der Waals surface area contributed by atoms with Crippen LogP contribution in [0.3, 0.4) is 0 Å². The third kappa shape index (κ3) is 5.96. The summed E-state index contributed by atoms with van der Waals surface area (Å²) in [7, 11) is -3.47. The van der Waals surface area contributed by atoms with E-state index < -0.39 is 10.0 Å². The van der Waals surface area contributed by atoms with Crippen LogP contribution in [0.1, 0.15) is 5.56 Å². The molecule has 0 aliphatic carbocycles. The van der Waals surface area contributed by atoms with Crippen molar-refractivity contribution in [3.05, 3.63) is 84.7 Å². The van der Waals surface area contributed by atoms with Gasteiger partial charge in [0.1, 0.15) is 11.5 Å². The average Bonchev–Trinajstić information content (AvgIpc) is 3.54. The Balaban J connectivity index is 0.00000323. The third-order valence-corrected chi connectivity index (χ3v) is 7.38. The lowest BCUT2D eigenvalue weighted by Gasteiger charge is -2.31. The zero-order valence-electron chi connectivity index (χ0n) is 21.8. The summed E-state index contributed by atoms with van der Waals surface area (Å²) < 4.78 is 42.4. The third-order valence-electron chi connectivity index (χ3n) is 6.79. The van der Waals surface area contributed by atoms with E-state index in [2.05, 4.69) is 30.0 Å². The fraction of sp³-hybridized carbons (Fsp3) is 0.214. The van der Waals surface area contributed by atoms with Crippen LogP contribution in [0.15, 0.2) is 73.3 Å². The van der Waals surface area contributed by atoms with Crippen molar-refractivity contribution < 1.29 is 12.8 Å². The SMILES string of the molecule is CS(=O)(=O)Nc1cc(-c2cnc3[nH]cc(-c4cnn(Cc5cccc(F)c5)c4)c3c2)ccc1N1CCNCC1.Cl. The van der Waals surface area contributed by atoms with Gasteiger partial charge in [0, 0.05) is 66.8 Å². The predicted molar refractivity (Wildman–Crippen MR) is 159 cm³/mol. The number of nitrogens with one attached hydrogen (secondary N) is 3. The molecule has 1 fully saturated rings. The lowest BCUT2D eigenvalue weighted by molar-refractivity contribution is 0.589. The fourth-order valence-corrected chi connectivity index (χ4v) is 5.55. The molecule has 0 atom stereocenters. The normalized spacial score (nSPS) is 13.8. The molecule has 4 heterocycles. The molecule has 6 rings (SSSR count). The Kier molecular flexibility index (Phi) is 7.79. The molecule has 9 nitrogen and oxygen atoms in total. The first-order valence-corrected chi connectivity index (χ1v) is 14.5. The van der Waals surface area contributed by atoms with Crippen molar-refractivity contribution in [3.8, 4) is 22.3 Å². The summed E-state index contributed by atoms with van der Waals surface area (Å²) in [5.74, 6) is -0.272. The lowest BCUT2D eigenvalue weighted by atomic mass is 10.0. The second-order valence-electron chi connectivity index (χ2n) is 9.72. The van der Waals surface area contributed by atoms with Gasteiger partial charge in [-0.05, 0) is 41.5 Å². The number of anilines is 2. The second kappa shape index (κ2) is 11.3. The van der Waals surface area contributed by atoms with Gasteiger partial charge in [0.15, 0.2) is 0 Å². The molecule has 208 valence electrons. The van der Waals surface area contributed by atoms with Crippen molar-refractivity contribution in [1.29, 1.82) is 0 Å². The predicted octanol–water partition coefficient (Wildman–Crippen LogP) is 4.48. The number of H-pyrrole nitrogens is 1. The number of benzene rings is 2. The first-order chi connectivity index (χ1) is 18.8. The van der Waals surface area contributed by atoms with Crippen LogP contribution in [-0.4, -0.2) is 60.6 Å². The number of fused-ring (bicyclic) bond motifs is 1. The number of pyridine rings is 1. The van der Waals surface area contributed by atoms with E-state index in [1.165, 1.54) is 12.1 Å². The highest BCUT2D eigenvalue weighted by Crippen LogP contribution is 2.35. The van der Waals surface area contributed by atoms with E-state index in [0.29, 0.717) is 12.2 Å². The van der Waals surface area contributed by atoms with E-state index in [0.717, 1.165) is 77.0 Å². The molecule has 1 aliphatic heterocycles. The largest absolute Gasteiger partial charge is 0.367 e. The molecule has 0 amide bonds. The van der Waals surface area contributed by atoms with E-state index in [1.807, 2.05) is 42.7 Å². The molecule has 3 aromatic heterocycles. The molecule has 2 aromatic carbocycles. The maximum absolute atomic E-state index is 13.6. The molecule has 1 saturated heterocycles. The van der Waals surface area contributed by atoms with Crippen LogP contribution in [0.5, 0.6) is 0 Å². The molecule has 0 saturated carbocycles. The standard InChI is InChI=1S/C28H28FN7O2S.ClH/c1-39(37,38)34-26-13-20(5-6-27(26)35-9-7-30-8-10-35)21-12-24-25(16-32-28(24)31-14-21)22-15-33-36(18-22)17-19-3-2-4-23(29)11-19;/h2-6,11-16,18,30,34H,7-10,17H2,1H3,(H,31,32);1H. The maximum Gasteiger partial charge on any atom is 0.229 e. The second-order valence-corrected chi connectivity index (χ2v) is 11.5. The van der Waals surface area contributed by atoms with Gasteiger partial charge in [-0.25, -0.2) is 17.8 Å². The highest BCUT2D eigenvalue weighted by molar-refractivity contribution is 7.92. The number of halogens is 2. The monoisotopic (exact) mass is 581 g/mol. The van der Waals surface area contributed by atoms with Crippen LogP contribution in [-0.2, 0) is 16.6 Å². The average molecular weight is 582 g/mol. The first-order valence-electron chi connectivity index (χ1n) is 12.6. The van der Waals surface area contributed by atoms with Crippen molar-refractivity contribution in [2.24, 2.45) is 0 Å². The van der Waals surface area contributed by atoms with Gasteiger partial charge in [0.05, 0.1) is 30.4 Å². The quantitative estimate of drug-likeness (QED) is 0.261. The van der Waals surface area contributed by atoms with Crippen LogP contribution in [0, 0.1) is 5.82 Å². The number of rotatable bonds is 7. The summed E-state index contributed by atoms with van der Waals surface area (Å²) in [6.07, 6.45) is 8.55. The minimum absolute atomic E-state index is 0. The van der Waals surface area contributed by atoms with Gasteiger partial charge in [-0.15, -0.1) is 12.4 Å². The summed E-state index contributed by atoms with van der Waals surface area (Å²) in [6, 6.07) is 14.4.